The van der Waals surface area contributed by atoms with Crippen molar-refractivity contribution in [3.63, 3.8) is 0 Å². The maximum absolute atomic E-state index is 5.86. The second-order valence-corrected chi connectivity index (χ2v) is 3.00. The monoisotopic (exact) mass is 197 g/mol. The van der Waals surface area contributed by atoms with Crippen LogP contribution in [-0.2, 0) is 0 Å². The molecule has 0 heterocycles. The molecule has 0 saturated heterocycles. The van der Waals surface area contributed by atoms with Crippen LogP contribution in [0.2, 0.25) is 5.02 Å². The first-order valence-corrected chi connectivity index (χ1v) is 4.35. The predicted octanol–water partition coefficient (Wildman–Crippen LogP) is 2.32. The summed E-state index contributed by atoms with van der Waals surface area (Å²) in [4.78, 5) is 0. The largest absolute Gasteiger partial charge is 0.497 e. The van der Waals surface area contributed by atoms with Gasteiger partial charge in [0.05, 0.1) is 7.11 Å². The molecule has 0 radical (unpaired) electrons. The number of methoxy groups -OCH3 is 1. The summed E-state index contributed by atoms with van der Waals surface area (Å²) in [6, 6.07) is 5.52. The molecule has 0 aromatic heterocycles. The fraction of sp³-hybridized carbons (Fsp3) is 0.200. The highest BCUT2D eigenvalue weighted by Crippen LogP contribution is 2.21. The fourth-order valence-corrected chi connectivity index (χ4v) is 1.24. The standard InChI is InChI=1S/C10H12ClNO/c1-13-10-6-8(3-2-4-12)5-9(11)7-10/h2-3,5-7H,4,12H2,1H3/b3-2+. The molecule has 1 rings (SSSR count). The Morgan fingerprint density at radius 1 is 1.46 bits per heavy atom. The van der Waals surface area contributed by atoms with E-state index in [4.69, 9.17) is 22.1 Å². The SMILES string of the molecule is COc1cc(Cl)cc(/C=C/CN)c1. The molecule has 0 spiro atoms. The van der Waals surface area contributed by atoms with Gasteiger partial charge >= 0.3 is 0 Å². The van der Waals surface area contributed by atoms with Gasteiger partial charge in [0.15, 0.2) is 0 Å². The summed E-state index contributed by atoms with van der Waals surface area (Å²) < 4.78 is 5.07. The Labute approximate surface area is 83.0 Å². The first-order chi connectivity index (χ1) is 6.26. The Balaban J connectivity index is 2.94. The van der Waals surface area contributed by atoms with Gasteiger partial charge in [0, 0.05) is 11.6 Å². The van der Waals surface area contributed by atoms with Crippen molar-refractivity contribution in [3.8, 4) is 5.75 Å². The number of halogens is 1. The van der Waals surface area contributed by atoms with Gasteiger partial charge in [-0.1, -0.05) is 23.8 Å². The van der Waals surface area contributed by atoms with Gasteiger partial charge in [-0.25, -0.2) is 0 Å². The van der Waals surface area contributed by atoms with Crippen LogP contribution in [0.25, 0.3) is 6.08 Å². The van der Waals surface area contributed by atoms with Crippen LogP contribution in [0.4, 0.5) is 0 Å². The van der Waals surface area contributed by atoms with Crippen molar-refractivity contribution in [2.45, 2.75) is 0 Å². The topological polar surface area (TPSA) is 35.2 Å². The lowest BCUT2D eigenvalue weighted by atomic mass is 10.2. The van der Waals surface area contributed by atoms with E-state index in [1.54, 1.807) is 13.2 Å². The highest BCUT2D eigenvalue weighted by molar-refractivity contribution is 6.30. The second-order valence-electron chi connectivity index (χ2n) is 2.56. The Kier molecular flexibility index (Phi) is 3.80. The zero-order valence-electron chi connectivity index (χ0n) is 7.46. The molecule has 0 amide bonds. The highest BCUT2D eigenvalue weighted by Gasteiger charge is 1.96. The number of benzene rings is 1. The molecule has 0 unspecified atom stereocenters. The van der Waals surface area contributed by atoms with Gasteiger partial charge in [-0.3, -0.25) is 0 Å². The first kappa shape index (κ1) is 10.1. The van der Waals surface area contributed by atoms with E-state index in [2.05, 4.69) is 0 Å². The summed E-state index contributed by atoms with van der Waals surface area (Å²) in [5, 5.41) is 0.663. The molecule has 0 fully saturated rings. The van der Waals surface area contributed by atoms with Gasteiger partial charge < -0.3 is 10.5 Å². The van der Waals surface area contributed by atoms with Crippen molar-refractivity contribution >= 4 is 17.7 Å². The molecule has 2 nitrogen and oxygen atoms in total. The summed E-state index contributed by atoms with van der Waals surface area (Å²) in [6.07, 6.45) is 3.78. The maximum atomic E-state index is 5.86. The minimum absolute atomic E-state index is 0.523. The van der Waals surface area contributed by atoms with Crippen LogP contribution in [0.3, 0.4) is 0 Å². The molecule has 0 aliphatic carbocycles. The van der Waals surface area contributed by atoms with Crippen LogP contribution >= 0.6 is 11.6 Å². The van der Waals surface area contributed by atoms with Crippen LogP contribution in [0, 0.1) is 0 Å². The number of ether oxygens (including phenoxy) is 1. The molecule has 2 N–H and O–H groups in total. The molecule has 70 valence electrons. The van der Waals surface area contributed by atoms with Gasteiger partial charge in [0.1, 0.15) is 5.75 Å². The minimum Gasteiger partial charge on any atom is -0.497 e. The predicted molar refractivity (Wildman–Crippen MR) is 56.1 cm³/mol. The summed E-state index contributed by atoms with van der Waals surface area (Å²) >= 11 is 5.86. The molecule has 1 aromatic carbocycles. The van der Waals surface area contributed by atoms with E-state index in [-0.39, 0.29) is 0 Å². The van der Waals surface area contributed by atoms with Crippen LogP contribution in [0.5, 0.6) is 5.75 Å². The van der Waals surface area contributed by atoms with E-state index >= 15 is 0 Å². The van der Waals surface area contributed by atoms with Gasteiger partial charge in [-0.15, -0.1) is 0 Å². The third-order valence-corrected chi connectivity index (χ3v) is 1.79. The van der Waals surface area contributed by atoms with Crippen molar-refractivity contribution in [3.05, 3.63) is 34.9 Å². The Morgan fingerprint density at radius 3 is 2.85 bits per heavy atom. The molecule has 0 aliphatic rings. The molecular formula is C10H12ClNO. The van der Waals surface area contributed by atoms with Crippen LogP contribution < -0.4 is 10.5 Å². The summed E-state index contributed by atoms with van der Waals surface area (Å²) in [5.41, 5.74) is 6.33. The van der Waals surface area contributed by atoms with Gasteiger partial charge in [0.2, 0.25) is 0 Å². The van der Waals surface area contributed by atoms with E-state index in [0.717, 1.165) is 11.3 Å². The van der Waals surface area contributed by atoms with Gasteiger partial charge in [-0.2, -0.15) is 0 Å². The highest BCUT2D eigenvalue weighted by atomic mass is 35.5. The Hall–Kier alpha value is -0.990. The average molecular weight is 198 g/mol. The lowest BCUT2D eigenvalue weighted by Gasteiger charge is -2.01. The lowest BCUT2D eigenvalue weighted by molar-refractivity contribution is 0.415. The van der Waals surface area contributed by atoms with E-state index in [9.17, 15) is 0 Å². The van der Waals surface area contributed by atoms with Crippen molar-refractivity contribution in [1.82, 2.24) is 0 Å². The zero-order chi connectivity index (χ0) is 9.68. The molecule has 0 aliphatic heterocycles. The molecule has 3 heteroatoms. The van der Waals surface area contributed by atoms with Crippen molar-refractivity contribution < 1.29 is 4.74 Å². The summed E-state index contributed by atoms with van der Waals surface area (Å²) in [7, 11) is 1.61. The lowest BCUT2D eigenvalue weighted by Crippen LogP contribution is -1.92. The average Bonchev–Trinajstić information content (AvgIpc) is 2.14. The number of nitrogens with two attached hydrogens (primary N) is 1. The van der Waals surface area contributed by atoms with E-state index in [0.29, 0.717) is 11.6 Å². The van der Waals surface area contributed by atoms with Gasteiger partial charge in [-0.05, 0) is 23.8 Å². The fourth-order valence-electron chi connectivity index (χ4n) is 1.00. The number of rotatable bonds is 3. The third-order valence-electron chi connectivity index (χ3n) is 1.58. The first-order valence-electron chi connectivity index (χ1n) is 3.97. The molecular weight excluding hydrogens is 186 g/mol. The van der Waals surface area contributed by atoms with Crippen molar-refractivity contribution in [1.29, 1.82) is 0 Å². The van der Waals surface area contributed by atoms with Crippen molar-refractivity contribution in [2.75, 3.05) is 13.7 Å². The van der Waals surface area contributed by atoms with Crippen LogP contribution in [-0.4, -0.2) is 13.7 Å². The molecule has 13 heavy (non-hydrogen) atoms. The van der Waals surface area contributed by atoms with Gasteiger partial charge in [0.25, 0.3) is 0 Å². The second kappa shape index (κ2) is 4.90. The van der Waals surface area contributed by atoms with Crippen LogP contribution in [0.1, 0.15) is 5.56 Å². The summed E-state index contributed by atoms with van der Waals surface area (Å²) in [6.45, 7) is 0.523. The minimum atomic E-state index is 0.523. The molecule has 0 bridgehead atoms. The van der Waals surface area contributed by atoms with E-state index < -0.39 is 0 Å². The molecule has 1 aromatic rings. The number of hydrogen-bond acceptors (Lipinski definition) is 2. The zero-order valence-corrected chi connectivity index (χ0v) is 8.21. The molecule has 0 saturated carbocycles. The Bertz CT molecular complexity index is 310. The Morgan fingerprint density at radius 2 is 2.23 bits per heavy atom. The third kappa shape index (κ3) is 3.09. The number of hydrogen-bond donors (Lipinski definition) is 1. The maximum Gasteiger partial charge on any atom is 0.120 e. The quantitative estimate of drug-likeness (QED) is 0.807. The van der Waals surface area contributed by atoms with Crippen LogP contribution in [0.15, 0.2) is 24.3 Å². The summed E-state index contributed by atoms with van der Waals surface area (Å²) in [5.74, 6) is 0.754. The normalized spacial score (nSPS) is 10.7. The van der Waals surface area contributed by atoms with Crippen molar-refractivity contribution in [2.24, 2.45) is 5.73 Å². The van der Waals surface area contributed by atoms with E-state index in [1.165, 1.54) is 0 Å². The van der Waals surface area contributed by atoms with E-state index in [1.807, 2.05) is 24.3 Å². The smallest absolute Gasteiger partial charge is 0.120 e. The molecule has 0 atom stereocenters.